The van der Waals surface area contributed by atoms with E-state index in [1.165, 1.54) is 5.56 Å². The van der Waals surface area contributed by atoms with Crippen LogP contribution in [0.4, 0.5) is 5.95 Å². The molecular formula is C16H22N6. The molecule has 2 aromatic heterocycles. The smallest absolute Gasteiger partial charge is 0.225 e. The van der Waals surface area contributed by atoms with Gasteiger partial charge < -0.3 is 9.80 Å². The topological polar surface area (TPSA) is 58.0 Å². The first-order valence-corrected chi connectivity index (χ1v) is 7.66. The van der Waals surface area contributed by atoms with Crippen molar-refractivity contribution in [2.24, 2.45) is 0 Å². The molecule has 0 amide bonds. The van der Waals surface area contributed by atoms with Crippen LogP contribution in [0.2, 0.25) is 0 Å². The first kappa shape index (κ1) is 14.8. The molecule has 1 saturated heterocycles. The summed E-state index contributed by atoms with van der Waals surface area (Å²) in [5.74, 6) is 1.61. The second-order valence-corrected chi connectivity index (χ2v) is 5.97. The van der Waals surface area contributed by atoms with Crippen molar-refractivity contribution in [2.75, 3.05) is 25.5 Å². The van der Waals surface area contributed by atoms with Crippen LogP contribution in [-0.2, 0) is 6.54 Å². The van der Waals surface area contributed by atoms with Crippen molar-refractivity contribution >= 4 is 5.95 Å². The molecule has 1 aliphatic rings. The summed E-state index contributed by atoms with van der Waals surface area (Å²) in [4.78, 5) is 22.4. The van der Waals surface area contributed by atoms with E-state index in [2.05, 4.69) is 38.8 Å². The predicted octanol–water partition coefficient (Wildman–Crippen LogP) is 1.98. The summed E-state index contributed by atoms with van der Waals surface area (Å²) in [6.07, 6.45) is 7.76. The monoisotopic (exact) mass is 298 g/mol. The lowest BCUT2D eigenvalue weighted by Gasteiger charge is -2.26. The number of hydrogen-bond acceptors (Lipinski definition) is 6. The van der Waals surface area contributed by atoms with Crippen LogP contribution in [0.3, 0.4) is 0 Å². The molecule has 0 N–H and O–H groups in total. The minimum Gasteiger partial charge on any atom is -0.332 e. The van der Waals surface area contributed by atoms with E-state index >= 15 is 0 Å². The number of hydrogen-bond donors (Lipinski definition) is 0. The molecule has 6 nitrogen and oxygen atoms in total. The average Bonchev–Trinajstić information content (AvgIpc) is 2.99. The molecule has 0 aliphatic carbocycles. The first-order chi connectivity index (χ1) is 10.6. The van der Waals surface area contributed by atoms with Crippen molar-refractivity contribution < 1.29 is 0 Å². The third-order valence-electron chi connectivity index (χ3n) is 3.88. The highest BCUT2D eigenvalue weighted by atomic mass is 15.3. The van der Waals surface area contributed by atoms with Gasteiger partial charge in [0.2, 0.25) is 5.95 Å². The molecule has 1 fully saturated rings. The van der Waals surface area contributed by atoms with E-state index in [0.29, 0.717) is 0 Å². The van der Waals surface area contributed by atoms with Crippen LogP contribution in [0, 0.1) is 6.92 Å². The lowest BCUT2D eigenvalue weighted by Crippen LogP contribution is -2.27. The van der Waals surface area contributed by atoms with E-state index < -0.39 is 0 Å². The van der Waals surface area contributed by atoms with Gasteiger partial charge in [0.25, 0.3) is 0 Å². The van der Waals surface area contributed by atoms with Gasteiger partial charge in [-0.3, -0.25) is 0 Å². The largest absolute Gasteiger partial charge is 0.332 e. The van der Waals surface area contributed by atoms with E-state index in [9.17, 15) is 0 Å². The Morgan fingerprint density at radius 3 is 2.73 bits per heavy atom. The van der Waals surface area contributed by atoms with Gasteiger partial charge in [-0.1, -0.05) is 0 Å². The molecule has 0 bridgehead atoms. The zero-order valence-corrected chi connectivity index (χ0v) is 13.4. The average molecular weight is 298 g/mol. The molecule has 0 spiro atoms. The Labute approximate surface area is 131 Å². The molecule has 22 heavy (non-hydrogen) atoms. The van der Waals surface area contributed by atoms with Gasteiger partial charge in [-0.05, 0) is 39.9 Å². The highest BCUT2D eigenvalue weighted by Crippen LogP contribution is 2.34. The fraction of sp³-hybridized carbons (Fsp3) is 0.500. The number of anilines is 1. The zero-order valence-electron chi connectivity index (χ0n) is 13.4. The summed E-state index contributed by atoms with van der Waals surface area (Å²) in [7, 11) is 4.13. The van der Waals surface area contributed by atoms with E-state index in [-0.39, 0.29) is 6.04 Å². The van der Waals surface area contributed by atoms with Crippen molar-refractivity contribution in [3.05, 3.63) is 41.7 Å². The van der Waals surface area contributed by atoms with Crippen LogP contribution in [0.25, 0.3) is 0 Å². The number of aromatic nitrogens is 4. The van der Waals surface area contributed by atoms with Crippen molar-refractivity contribution in [3.8, 4) is 0 Å². The van der Waals surface area contributed by atoms with Gasteiger partial charge in [0, 0.05) is 37.2 Å². The summed E-state index contributed by atoms with van der Waals surface area (Å²) >= 11 is 0. The zero-order chi connectivity index (χ0) is 15.5. The molecule has 116 valence electrons. The molecule has 0 aromatic carbocycles. The van der Waals surface area contributed by atoms with Gasteiger partial charge in [-0.25, -0.2) is 19.9 Å². The summed E-state index contributed by atoms with van der Waals surface area (Å²) in [5, 5.41) is 0. The predicted molar refractivity (Wildman–Crippen MR) is 85.5 cm³/mol. The fourth-order valence-electron chi connectivity index (χ4n) is 2.99. The van der Waals surface area contributed by atoms with Crippen LogP contribution in [0.5, 0.6) is 0 Å². The van der Waals surface area contributed by atoms with Crippen LogP contribution in [-0.4, -0.2) is 45.5 Å². The van der Waals surface area contributed by atoms with Crippen LogP contribution >= 0.6 is 0 Å². The molecule has 3 heterocycles. The maximum Gasteiger partial charge on any atom is 0.225 e. The minimum absolute atomic E-state index is 0.235. The van der Waals surface area contributed by atoms with Crippen molar-refractivity contribution in [1.29, 1.82) is 0 Å². The number of rotatable bonds is 4. The van der Waals surface area contributed by atoms with Gasteiger partial charge in [-0.15, -0.1) is 0 Å². The molecule has 0 radical (unpaired) electrons. The fourth-order valence-corrected chi connectivity index (χ4v) is 2.99. The summed E-state index contributed by atoms with van der Waals surface area (Å²) in [5.41, 5.74) is 2.30. The Hall–Kier alpha value is -2.08. The Balaban J connectivity index is 1.97. The summed E-state index contributed by atoms with van der Waals surface area (Å²) in [6, 6.07) is 2.08. The minimum atomic E-state index is 0.235. The van der Waals surface area contributed by atoms with Gasteiger partial charge in [0.15, 0.2) is 0 Å². The van der Waals surface area contributed by atoms with Crippen LogP contribution in [0.15, 0.2) is 24.7 Å². The third kappa shape index (κ3) is 3.06. The van der Waals surface area contributed by atoms with Crippen molar-refractivity contribution in [1.82, 2.24) is 24.8 Å². The van der Waals surface area contributed by atoms with E-state index in [4.69, 9.17) is 4.98 Å². The van der Waals surface area contributed by atoms with Crippen molar-refractivity contribution in [3.63, 3.8) is 0 Å². The van der Waals surface area contributed by atoms with E-state index in [1.54, 1.807) is 12.4 Å². The van der Waals surface area contributed by atoms with Gasteiger partial charge >= 0.3 is 0 Å². The Bertz CT molecular complexity index is 628. The molecule has 6 heteroatoms. The summed E-state index contributed by atoms with van der Waals surface area (Å²) < 4.78 is 0. The standard InChI is InChI=1S/C16H22N6/c1-12-19-10-13(11-21(2)3)15(20-12)14-6-4-9-22(14)16-17-7-5-8-18-16/h5,7-8,10,14H,4,6,9,11H2,1-3H3/t14-/m1/s1. The highest BCUT2D eigenvalue weighted by Gasteiger charge is 2.31. The lowest BCUT2D eigenvalue weighted by molar-refractivity contribution is 0.397. The Kier molecular flexibility index (Phi) is 4.29. The van der Waals surface area contributed by atoms with Gasteiger partial charge in [-0.2, -0.15) is 0 Å². The molecule has 0 saturated carbocycles. The van der Waals surface area contributed by atoms with Crippen molar-refractivity contribution in [2.45, 2.75) is 32.4 Å². The second-order valence-electron chi connectivity index (χ2n) is 5.97. The Morgan fingerprint density at radius 2 is 2.00 bits per heavy atom. The molecule has 1 atom stereocenters. The van der Waals surface area contributed by atoms with E-state index in [0.717, 1.165) is 43.4 Å². The molecule has 2 aromatic rings. The normalized spacial score (nSPS) is 18.2. The Morgan fingerprint density at radius 1 is 1.23 bits per heavy atom. The van der Waals surface area contributed by atoms with Gasteiger partial charge in [0.05, 0.1) is 11.7 Å². The molecular weight excluding hydrogens is 276 g/mol. The maximum absolute atomic E-state index is 4.75. The van der Waals surface area contributed by atoms with E-state index in [1.807, 2.05) is 19.2 Å². The second kappa shape index (κ2) is 6.36. The molecule has 3 rings (SSSR count). The maximum atomic E-state index is 4.75. The molecule has 1 aliphatic heterocycles. The highest BCUT2D eigenvalue weighted by molar-refractivity contribution is 5.38. The first-order valence-electron chi connectivity index (χ1n) is 7.66. The molecule has 0 unspecified atom stereocenters. The summed E-state index contributed by atoms with van der Waals surface area (Å²) in [6.45, 7) is 3.76. The third-order valence-corrected chi connectivity index (χ3v) is 3.88. The van der Waals surface area contributed by atoms with Crippen LogP contribution in [0.1, 0.15) is 36.0 Å². The number of aryl methyl sites for hydroxylation is 1. The SMILES string of the molecule is Cc1ncc(CN(C)C)c([C@H]2CCCN2c2ncccn2)n1. The lowest BCUT2D eigenvalue weighted by atomic mass is 10.1. The van der Waals surface area contributed by atoms with Crippen LogP contribution < -0.4 is 4.90 Å². The number of nitrogens with zero attached hydrogens (tertiary/aromatic N) is 6. The quantitative estimate of drug-likeness (QED) is 0.860. The van der Waals surface area contributed by atoms with Gasteiger partial charge in [0.1, 0.15) is 5.82 Å².